The maximum atomic E-state index is 13.1. The highest BCUT2D eigenvalue weighted by atomic mass is 19.1. The van der Waals surface area contributed by atoms with Crippen LogP contribution in [0.25, 0.3) is 28.2 Å². The molecule has 0 radical (unpaired) electrons. The van der Waals surface area contributed by atoms with Crippen molar-refractivity contribution in [2.45, 2.75) is 19.6 Å². The first-order valence-electron chi connectivity index (χ1n) is 11.6. The maximum absolute atomic E-state index is 13.1. The lowest BCUT2D eigenvalue weighted by Crippen LogP contribution is -2.51. The number of nitrogens with one attached hydrogen (secondary N) is 1. The number of hydrogen-bond acceptors (Lipinski definition) is 5. The molecule has 182 valence electrons. The number of aryl methyl sites for hydroxylation is 1. The number of amides is 2. The fourth-order valence-corrected chi connectivity index (χ4v) is 4.13. The zero-order valence-electron chi connectivity index (χ0n) is 19.7. The summed E-state index contributed by atoms with van der Waals surface area (Å²) in [6.07, 6.45) is 3.78. The minimum absolute atomic E-state index is 0.149. The van der Waals surface area contributed by atoms with Gasteiger partial charge < -0.3 is 20.4 Å². The molecular weight excluding hydrogens is 459 g/mol. The molecule has 1 fully saturated rings. The lowest BCUT2D eigenvalue weighted by Gasteiger charge is -2.34. The summed E-state index contributed by atoms with van der Waals surface area (Å²) in [6, 6.07) is 16.7. The molecule has 0 spiro atoms. The summed E-state index contributed by atoms with van der Waals surface area (Å²) < 4.78 is 19.0. The smallest absolute Gasteiger partial charge is 0.254 e. The highest BCUT2D eigenvalue weighted by Crippen LogP contribution is 2.30. The number of carbonyl (C=O) groups is 2. The van der Waals surface area contributed by atoms with E-state index in [-0.39, 0.29) is 31.4 Å². The van der Waals surface area contributed by atoms with Gasteiger partial charge in [0.1, 0.15) is 23.3 Å². The van der Waals surface area contributed by atoms with E-state index in [1.807, 2.05) is 37.3 Å². The Morgan fingerprint density at radius 2 is 1.92 bits per heavy atom. The Balaban J connectivity index is 1.26. The van der Waals surface area contributed by atoms with Crippen molar-refractivity contribution in [1.82, 2.24) is 15.2 Å². The highest BCUT2D eigenvalue weighted by Gasteiger charge is 2.30. The van der Waals surface area contributed by atoms with Gasteiger partial charge in [0.25, 0.3) is 5.91 Å². The number of fused-ring (bicyclic) bond motifs is 1. The molecule has 3 heterocycles. The molecule has 4 aromatic rings. The number of alkyl halides is 1. The number of carbonyl (C=O) groups excluding carboxylic acids is 2. The van der Waals surface area contributed by atoms with Crippen LogP contribution in [0.5, 0.6) is 0 Å². The number of hydrogen-bond donors (Lipinski definition) is 2. The van der Waals surface area contributed by atoms with Crippen molar-refractivity contribution >= 4 is 34.7 Å². The van der Waals surface area contributed by atoms with Crippen LogP contribution in [0.4, 0.5) is 10.2 Å². The van der Waals surface area contributed by atoms with E-state index in [9.17, 15) is 14.0 Å². The van der Waals surface area contributed by atoms with Gasteiger partial charge in [0, 0.05) is 23.2 Å². The third-order valence-electron chi connectivity index (χ3n) is 6.12. The second-order valence-electron chi connectivity index (χ2n) is 8.88. The summed E-state index contributed by atoms with van der Waals surface area (Å²) in [5.74, 6) is 0.664. The van der Waals surface area contributed by atoms with Crippen molar-refractivity contribution in [2.24, 2.45) is 0 Å². The lowest BCUT2D eigenvalue weighted by molar-refractivity contribution is -0.116. The van der Waals surface area contributed by atoms with Crippen LogP contribution in [0.15, 0.2) is 71.3 Å². The van der Waals surface area contributed by atoms with Crippen LogP contribution in [-0.4, -0.2) is 41.0 Å². The first-order chi connectivity index (χ1) is 17.4. The molecule has 1 aliphatic rings. The van der Waals surface area contributed by atoms with Gasteiger partial charge in [0.05, 0.1) is 19.6 Å². The monoisotopic (exact) mass is 484 g/mol. The molecule has 0 bridgehead atoms. The van der Waals surface area contributed by atoms with E-state index in [2.05, 4.69) is 10.3 Å². The summed E-state index contributed by atoms with van der Waals surface area (Å²) in [4.78, 5) is 30.1. The highest BCUT2D eigenvalue weighted by molar-refractivity contribution is 5.95. The minimum Gasteiger partial charge on any atom is -0.459 e. The SMILES string of the molecule is Cc1cc(-c2ccc(C(=O)N3CC(F)C3)cc2)cc2cc(CNC(=O)C=Cc3ccc(N)nc3)oc12. The second-order valence-corrected chi connectivity index (χ2v) is 8.88. The Kier molecular flexibility index (Phi) is 6.25. The topological polar surface area (TPSA) is 101 Å². The van der Waals surface area contributed by atoms with Crippen molar-refractivity contribution in [1.29, 1.82) is 0 Å². The van der Waals surface area contributed by atoms with Crippen molar-refractivity contribution in [3.05, 3.63) is 89.3 Å². The molecule has 2 amide bonds. The Bertz CT molecular complexity index is 1450. The fraction of sp³-hybridized carbons (Fsp3) is 0.179. The quantitative estimate of drug-likeness (QED) is 0.392. The first kappa shape index (κ1) is 23.3. The van der Waals surface area contributed by atoms with Gasteiger partial charge in [-0.15, -0.1) is 0 Å². The summed E-state index contributed by atoms with van der Waals surface area (Å²) in [5.41, 5.74) is 10.6. The Morgan fingerprint density at radius 3 is 2.61 bits per heavy atom. The van der Waals surface area contributed by atoms with E-state index >= 15 is 0 Å². The van der Waals surface area contributed by atoms with Crippen LogP contribution >= 0.6 is 0 Å². The average molecular weight is 485 g/mol. The average Bonchev–Trinajstić information content (AvgIpc) is 3.29. The Morgan fingerprint density at radius 1 is 1.14 bits per heavy atom. The number of rotatable bonds is 6. The molecule has 8 heteroatoms. The third kappa shape index (κ3) is 4.98. The molecule has 2 aromatic carbocycles. The summed E-state index contributed by atoms with van der Waals surface area (Å²) in [6.45, 7) is 2.54. The predicted molar refractivity (Wildman–Crippen MR) is 137 cm³/mol. The molecule has 1 saturated heterocycles. The number of nitrogens with two attached hydrogens (primary N) is 1. The fourth-order valence-electron chi connectivity index (χ4n) is 4.13. The lowest BCUT2D eigenvalue weighted by atomic mass is 9.99. The number of benzene rings is 2. The van der Waals surface area contributed by atoms with Gasteiger partial charge >= 0.3 is 0 Å². The molecule has 0 aliphatic carbocycles. The van der Waals surface area contributed by atoms with E-state index in [0.29, 0.717) is 17.1 Å². The molecule has 5 rings (SSSR count). The van der Waals surface area contributed by atoms with Gasteiger partial charge in [-0.25, -0.2) is 9.37 Å². The molecule has 2 aromatic heterocycles. The van der Waals surface area contributed by atoms with Crippen molar-refractivity contribution in [2.75, 3.05) is 18.8 Å². The summed E-state index contributed by atoms with van der Waals surface area (Å²) >= 11 is 0. The normalized spacial score (nSPS) is 13.8. The van der Waals surface area contributed by atoms with Crippen LogP contribution in [-0.2, 0) is 11.3 Å². The van der Waals surface area contributed by atoms with E-state index in [1.54, 1.807) is 36.5 Å². The molecule has 1 aliphatic heterocycles. The molecule has 3 N–H and O–H groups in total. The van der Waals surface area contributed by atoms with Crippen LogP contribution < -0.4 is 11.1 Å². The van der Waals surface area contributed by atoms with E-state index in [0.717, 1.165) is 33.2 Å². The maximum Gasteiger partial charge on any atom is 0.254 e. The summed E-state index contributed by atoms with van der Waals surface area (Å²) in [7, 11) is 0. The van der Waals surface area contributed by atoms with Crippen molar-refractivity contribution in [3.8, 4) is 11.1 Å². The van der Waals surface area contributed by atoms with Gasteiger partial charge in [0.15, 0.2) is 0 Å². The summed E-state index contributed by atoms with van der Waals surface area (Å²) in [5, 5.41) is 3.75. The Hall–Kier alpha value is -4.46. The number of anilines is 1. The van der Waals surface area contributed by atoms with Gasteiger partial charge in [0.2, 0.25) is 5.91 Å². The number of furan rings is 1. The largest absolute Gasteiger partial charge is 0.459 e. The van der Waals surface area contributed by atoms with Crippen LogP contribution in [0.2, 0.25) is 0 Å². The first-order valence-corrected chi connectivity index (χ1v) is 11.6. The standard InChI is InChI=1S/C28H25FN4O3/c1-17-10-21(19-4-6-20(7-5-19)28(35)33-15-23(29)16-33)11-22-12-24(36-27(17)22)14-32-26(34)9-3-18-2-8-25(30)31-13-18/h2-13,23H,14-16H2,1H3,(H2,30,31)(H,32,34). The van der Waals surface area contributed by atoms with Crippen LogP contribution in [0.3, 0.4) is 0 Å². The Labute approximate surface area is 207 Å². The van der Waals surface area contributed by atoms with E-state index < -0.39 is 6.17 Å². The van der Waals surface area contributed by atoms with Crippen LogP contribution in [0, 0.1) is 6.92 Å². The van der Waals surface area contributed by atoms with Gasteiger partial charge in [-0.05, 0) is 77.7 Å². The molecule has 0 unspecified atom stereocenters. The zero-order valence-corrected chi connectivity index (χ0v) is 19.7. The molecule has 7 nitrogen and oxygen atoms in total. The number of pyridine rings is 1. The predicted octanol–water partition coefficient (Wildman–Crippen LogP) is 4.51. The molecule has 0 atom stereocenters. The molecule has 36 heavy (non-hydrogen) atoms. The molecular formula is C28H25FN4O3. The number of likely N-dealkylation sites (tertiary alicyclic amines) is 1. The second kappa shape index (κ2) is 9.65. The van der Waals surface area contributed by atoms with Gasteiger partial charge in [-0.1, -0.05) is 12.1 Å². The van der Waals surface area contributed by atoms with Gasteiger partial charge in [-0.2, -0.15) is 0 Å². The number of aromatic nitrogens is 1. The van der Waals surface area contributed by atoms with Crippen molar-refractivity contribution < 1.29 is 18.4 Å². The number of halogens is 1. The number of nitrogen functional groups attached to an aromatic ring is 1. The molecule has 0 saturated carbocycles. The van der Waals surface area contributed by atoms with E-state index in [1.165, 1.54) is 11.0 Å². The van der Waals surface area contributed by atoms with E-state index in [4.69, 9.17) is 10.2 Å². The van der Waals surface area contributed by atoms with Gasteiger partial charge in [-0.3, -0.25) is 9.59 Å². The number of nitrogens with zero attached hydrogens (tertiary/aromatic N) is 2. The zero-order chi connectivity index (χ0) is 25.2. The van der Waals surface area contributed by atoms with Crippen molar-refractivity contribution in [3.63, 3.8) is 0 Å². The minimum atomic E-state index is -0.917. The third-order valence-corrected chi connectivity index (χ3v) is 6.12. The van der Waals surface area contributed by atoms with Crippen LogP contribution in [0.1, 0.15) is 27.2 Å².